The van der Waals surface area contributed by atoms with Crippen molar-refractivity contribution in [1.29, 1.82) is 0 Å². The maximum atomic E-state index is 13.9. The quantitative estimate of drug-likeness (QED) is 0.867. The van der Waals surface area contributed by atoms with Gasteiger partial charge in [0.2, 0.25) is 0 Å². The van der Waals surface area contributed by atoms with Crippen molar-refractivity contribution in [3.63, 3.8) is 0 Å². The molecule has 0 aliphatic heterocycles. The number of nitrogens with two attached hydrogens (primary N) is 1. The summed E-state index contributed by atoms with van der Waals surface area (Å²) in [6.07, 6.45) is 0. The molecule has 0 saturated carbocycles. The topological polar surface area (TPSA) is 26.0 Å². The van der Waals surface area contributed by atoms with Crippen LogP contribution in [0.2, 0.25) is 0 Å². The lowest BCUT2D eigenvalue weighted by molar-refractivity contribution is 0.538. The summed E-state index contributed by atoms with van der Waals surface area (Å²) in [4.78, 5) is 0. The van der Waals surface area contributed by atoms with Gasteiger partial charge in [-0.15, -0.1) is 0 Å². The molecule has 17 heavy (non-hydrogen) atoms. The van der Waals surface area contributed by atoms with E-state index in [4.69, 9.17) is 5.73 Å². The molecule has 0 bridgehead atoms. The molecule has 0 fully saturated rings. The monoisotopic (exact) mass is 253 g/mol. The molecular formula is C13H13F2NS. The number of benzene rings is 1. The highest BCUT2D eigenvalue weighted by Gasteiger charge is 2.21. The van der Waals surface area contributed by atoms with E-state index in [0.717, 1.165) is 11.1 Å². The summed E-state index contributed by atoms with van der Waals surface area (Å²) in [5.41, 5.74) is 8.05. The molecule has 0 aliphatic carbocycles. The van der Waals surface area contributed by atoms with Gasteiger partial charge in [0.25, 0.3) is 0 Å². The lowest BCUT2D eigenvalue weighted by Gasteiger charge is -2.15. The average Bonchev–Trinajstić information content (AvgIpc) is 2.70. The number of hydrogen-bond donors (Lipinski definition) is 1. The Morgan fingerprint density at radius 3 is 2.41 bits per heavy atom. The van der Waals surface area contributed by atoms with E-state index in [1.54, 1.807) is 6.92 Å². The fourth-order valence-electron chi connectivity index (χ4n) is 1.81. The minimum Gasteiger partial charge on any atom is -0.320 e. The second kappa shape index (κ2) is 4.55. The van der Waals surface area contributed by atoms with Crippen LogP contribution >= 0.6 is 11.3 Å². The highest BCUT2D eigenvalue weighted by molar-refractivity contribution is 7.08. The zero-order valence-corrected chi connectivity index (χ0v) is 10.4. The molecule has 0 spiro atoms. The fraction of sp³-hybridized carbons (Fsp3) is 0.231. The smallest absolute Gasteiger partial charge is 0.134 e. The van der Waals surface area contributed by atoms with Crippen LogP contribution in [0.1, 0.15) is 28.3 Å². The van der Waals surface area contributed by atoms with E-state index in [1.165, 1.54) is 23.5 Å². The van der Waals surface area contributed by atoms with Crippen molar-refractivity contribution in [1.82, 2.24) is 0 Å². The van der Waals surface area contributed by atoms with Crippen LogP contribution in [0.25, 0.3) is 0 Å². The van der Waals surface area contributed by atoms with E-state index in [9.17, 15) is 8.78 Å². The third kappa shape index (κ3) is 2.10. The van der Waals surface area contributed by atoms with Crippen LogP contribution < -0.4 is 5.73 Å². The first-order valence-electron chi connectivity index (χ1n) is 5.25. The summed E-state index contributed by atoms with van der Waals surface area (Å²) in [7, 11) is 0. The molecule has 0 radical (unpaired) electrons. The van der Waals surface area contributed by atoms with Gasteiger partial charge in [-0.3, -0.25) is 0 Å². The number of rotatable bonds is 2. The number of hydrogen-bond acceptors (Lipinski definition) is 2. The van der Waals surface area contributed by atoms with E-state index < -0.39 is 17.7 Å². The van der Waals surface area contributed by atoms with Gasteiger partial charge in [0.1, 0.15) is 11.6 Å². The van der Waals surface area contributed by atoms with Gasteiger partial charge in [0.05, 0.1) is 6.04 Å². The molecule has 1 unspecified atom stereocenters. The van der Waals surface area contributed by atoms with Gasteiger partial charge < -0.3 is 5.73 Å². The largest absolute Gasteiger partial charge is 0.320 e. The first kappa shape index (κ1) is 12.2. The Kier molecular flexibility index (Phi) is 3.26. The van der Waals surface area contributed by atoms with Crippen molar-refractivity contribution in [3.8, 4) is 0 Å². The number of halogens is 2. The Balaban J connectivity index is 2.55. The summed E-state index contributed by atoms with van der Waals surface area (Å²) in [6.45, 7) is 3.49. The summed E-state index contributed by atoms with van der Waals surface area (Å²) >= 11 is 1.48. The van der Waals surface area contributed by atoms with E-state index in [1.807, 2.05) is 17.7 Å². The molecule has 2 aromatic rings. The second-order valence-corrected chi connectivity index (χ2v) is 4.82. The van der Waals surface area contributed by atoms with E-state index >= 15 is 0 Å². The zero-order chi connectivity index (χ0) is 12.6. The van der Waals surface area contributed by atoms with E-state index in [0.29, 0.717) is 5.56 Å². The SMILES string of the molecule is Cc1cscc1C(N)c1c(F)ccc(C)c1F. The van der Waals surface area contributed by atoms with Crippen LogP contribution in [0.4, 0.5) is 8.78 Å². The Morgan fingerprint density at radius 2 is 1.82 bits per heavy atom. The normalized spacial score (nSPS) is 12.8. The minimum atomic E-state index is -0.749. The van der Waals surface area contributed by atoms with Gasteiger partial charge in [0.15, 0.2) is 0 Å². The predicted octanol–water partition coefficient (Wildman–Crippen LogP) is 3.69. The lowest BCUT2D eigenvalue weighted by atomic mass is 9.97. The van der Waals surface area contributed by atoms with Crippen LogP contribution in [0.3, 0.4) is 0 Å². The first-order chi connectivity index (χ1) is 8.02. The van der Waals surface area contributed by atoms with Crippen LogP contribution in [0.5, 0.6) is 0 Å². The van der Waals surface area contributed by atoms with Gasteiger partial charge in [-0.2, -0.15) is 11.3 Å². The first-order valence-corrected chi connectivity index (χ1v) is 6.19. The molecule has 0 aliphatic rings. The van der Waals surface area contributed by atoms with Crippen LogP contribution in [0.15, 0.2) is 22.9 Å². The van der Waals surface area contributed by atoms with Crippen LogP contribution in [-0.2, 0) is 0 Å². The minimum absolute atomic E-state index is 0.0495. The van der Waals surface area contributed by atoms with Crippen molar-refractivity contribution < 1.29 is 8.78 Å². The highest BCUT2D eigenvalue weighted by Crippen LogP contribution is 2.30. The molecule has 0 amide bonds. The Labute approximate surface area is 103 Å². The van der Waals surface area contributed by atoms with E-state index in [-0.39, 0.29) is 5.56 Å². The molecule has 90 valence electrons. The number of thiophene rings is 1. The Bertz CT molecular complexity index is 548. The predicted molar refractivity (Wildman–Crippen MR) is 66.2 cm³/mol. The molecule has 1 aromatic carbocycles. The molecule has 2 N–H and O–H groups in total. The van der Waals surface area contributed by atoms with Gasteiger partial charge in [-0.05, 0) is 47.4 Å². The average molecular weight is 253 g/mol. The summed E-state index contributed by atoms with van der Waals surface area (Å²) < 4.78 is 27.6. The maximum Gasteiger partial charge on any atom is 0.134 e. The molecular weight excluding hydrogens is 240 g/mol. The summed E-state index contributed by atoms with van der Waals surface area (Å²) in [5, 5.41) is 3.75. The van der Waals surface area contributed by atoms with Gasteiger partial charge >= 0.3 is 0 Å². The van der Waals surface area contributed by atoms with Crippen molar-refractivity contribution in [2.45, 2.75) is 19.9 Å². The van der Waals surface area contributed by atoms with Crippen LogP contribution in [0, 0.1) is 25.5 Å². The molecule has 4 heteroatoms. The Morgan fingerprint density at radius 1 is 1.12 bits per heavy atom. The maximum absolute atomic E-state index is 13.9. The second-order valence-electron chi connectivity index (χ2n) is 4.08. The Hall–Kier alpha value is -1.26. The molecule has 1 aromatic heterocycles. The van der Waals surface area contributed by atoms with Crippen molar-refractivity contribution in [2.24, 2.45) is 5.73 Å². The molecule has 1 heterocycles. The van der Waals surface area contributed by atoms with Gasteiger partial charge in [0, 0.05) is 5.56 Å². The third-order valence-electron chi connectivity index (χ3n) is 2.86. The van der Waals surface area contributed by atoms with Crippen molar-refractivity contribution >= 4 is 11.3 Å². The zero-order valence-electron chi connectivity index (χ0n) is 9.63. The fourth-order valence-corrected chi connectivity index (χ4v) is 2.70. The highest BCUT2D eigenvalue weighted by atomic mass is 32.1. The molecule has 1 atom stereocenters. The van der Waals surface area contributed by atoms with Crippen molar-refractivity contribution in [2.75, 3.05) is 0 Å². The summed E-state index contributed by atoms with van der Waals surface area (Å²) in [5.74, 6) is -1.14. The molecule has 2 rings (SSSR count). The third-order valence-corrected chi connectivity index (χ3v) is 3.74. The van der Waals surface area contributed by atoms with Crippen LogP contribution in [-0.4, -0.2) is 0 Å². The van der Waals surface area contributed by atoms with Gasteiger partial charge in [-0.25, -0.2) is 8.78 Å². The van der Waals surface area contributed by atoms with Gasteiger partial charge in [-0.1, -0.05) is 6.07 Å². The molecule has 1 nitrogen and oxygen atoms in total. The number of aryl methyl sites for hydroxylation is 2. The van der Waals surface area contributed by atoms with Crippen molar-refractivity contribution in [3.05, 3.63) is 56.8 Å². The standard InChI is InChI=1S/C13H13F2NS/c1-7-3-4-10(14)11(12(7)15)13(16)9-6-17-5-8(9)2/h3-6,13H,16H2,1-2H3. The summed E-state index contributed by atoms with van der Waals surface area (Å²) in [6, 6.07) is 1.93. The lowest BCUT2D eigenvalue weighted by Crippen LogP contribution is -2.16. The molecule has 0 saturated heterocycles. The van der Waals surface area contributed by atoms with E-state index in [2.05, 4.69) is 0 Å².